The van der Waals surface area contributed by atoms with Gasteiger partial charge in [0.1, 0.15) is 0 Å². The van der Waals surface area contributed by atoms with Crippen LogP contribution in [-0.4, -0.2) is 0 Å². The van der Waals surface area contributed by atoms with Crippen molar-refractivity contribution in [3.8, 4) is 44.5 Å². The zero-order chi connectivity index (χ0) is 29.0. The van der Waals surface area contributed by atoms with Crippen molar-refractivity contribution in [1.29, 1.82) is 0 Å². The van der Waals surface area contributed by atoms with E-state index in [0.717, 1.165) is 0 Å². The molecular formula is C42H26S2. The van der Waals surface area contributed by atoms with E-state index in [0.29, 0.717) is 0 Å². The molecule has 0 saturated heterocycles. The van der Waals surface area contributed by atoms with Crippen LogP contribution in [-0.2, 0) is 0 Å². The monoisotopic (exact) mass is 594 g/mol. The van der Waals surface area contributed by atoms with Crippen molar-refractivity contribution in [2.24, 2.45) is 0 Å². The SMILES string of the molecule is c1ccc(-c2ccc(-c3cccc(-c4ccc5sc6c(-c7ccc8sc9ccccc9c8c7)cccc6c5c4)c3)cc2)cc1. The van der Waals surface area contributed by atoms with Gasteiger partial charge < -0.3 is 0 Å². The van der Waals surface area contributed by atoms with E-state index in [2.05, 4.69) is 158 Å². The summed E-state index contributed by atoms with van der Waals surface area (Å²) in [6.45, 7) is 0. The Bertz CT molecular complexity index is 2480. The van der Waals surface area contributed by atoms with Gasteiger partial charge in [-0.2, -0.15) is 0 Å². The van der Waals surface area contributed by atoms with Crippen molar-refractivity contribution in [3.05, 3.63) is 158 Å². The van der Waals surface area contributed by atoms with E-state index in [4.69, 9.17) is 0 Å². The molecule has 0 atom stereocenters. The molecule has 0 aliphatic rings. The lowest BCUT2D eigenvalue weighted by atomic mass is 9.96. The van der Waals surface area contributed by atoms with Crippen LogP contribution in [0.2, 0.25) is 0 Å². The third kappa shape index (κ3) is 4.26. The van der Waals surface area contributed by atoms with Gasteiger partial charge in [-0.1, -0.05) is 121 Å². The fourth-order valence-electron chi connectivity index (χ4n) is 6.46. The van der Waals surface area contributed by atoms with Crippen molar-refractivity contribution in [2.75, 3.05) is 0 Å². The van der Waals surface area contributed by atoms with Gasteiger partial charge in [-0.3, -0.25) is 0 Å². The maximum Gasteiger partial charge on any atom is 0.0433 e. The smallest absolute Gasteiger partial charge is 0.0433 e. The van der Waals surface area contributed by atoms with E-state index in [-0.39, 0.29) is 0 Å². The molecule has 2 heteroatoms. The number of rotatable bonds is 4. The minimum Gasteiger partial charge on any atom is -0.135 e. The molecule has 0 radical (unpaired) electrons. The summed E-state index contributed by atoms with van der Waals surface area (Å²) in [7, 11) is 0. The van der Waals surface area contributed by atoms with Crippen LogP contribution < -0.4 is 0 Å². The first-order valence-corrected chi connectivity index (χ1v) is 16.6. The fourth-order valence-corrected chi connectivity index (χ4v) is 8.77. The highest BCUT2D eigenvalue weighted by atomic mass is 32.1. The van der Waals surface area contributed by atoms with Crippen molar-refractivity contribution < 1.29 is 0 Å². The van der Waals surface area contributed by atoms with Crippen LogP contribution in [0, 0.1) is 0 Å². The van der Waals surface area contributed by atoms with Crippen molar-refractivity contribution >= 4 is 63.0 Å². The quantitative estimate of drug-likeness (QED) is 0.190. The van der Waals surface area contributed by atoms with Crippen molar-refractivity contribution in [1.82, 2.24) is 0 Å². The van der Waals surface area contributed by atoms with Gasteiger partial charge in [-0.05, 0) is 80.9 Å². The topological polar surface area (TPSA) is 0 Å². The van der Waals surface area contributed by atoms with E-state index in [1.54, 1.807) is 0 Å². The highest BCUT2D eigenvalue weighted by molar-refractivity contribution is 7.26. The van der Waals surface area contributed by atoms with E-state index in [1.807, 2.05) is 22.7 Å². The molecule has 44 heavy (non-hydrogen) atoms. The summed E-state index contributed by atoms with van der Waals surface area (Å²) in [5.41, 5.74) is 10.0. The Morgan fingerprint density at radius 1 is 0.273 bits per heavy atom. The van der Waals surface area contributed by atoms with Crippen LogP contribution in [0.3, 0.4) is 0 Å². The van der Waals surface area contributed by atoms with Crippen LogP contribution in [0.25, 0.3) is 84.9 Å². The van der Waals surface area contributed by atoms with Crippen LogP contribution in [0.4, 0.5) is 0 Å². The molecule has 0 aliphatic carbocycles. The van der Waals surface area contributed by atoms with Gasteiger partial charge in [0.25, 0.3) is 0 Å². The molecule has 0 nitrogen and oxygen atoms in total. The van der Waals surface area contributed by atoms with Gasteiger partial charge in [0, 0.05) is 40.3 Å². The number of hydrogen-bond donors (Lipinski definition) is 0. The summed E-state index contributed by atoms with van der Waals surface area (Å²) >= 11 is 3.77. The largest absolute Gasteiger partial charge is 0.135 e. The predicted molar refractivity (Wildman–Crippen MR) is 194 cm³/mol. The van der Waals surface area contributed by atoms with E-state index in [9.17, 15) is 0 Å². The second-order valence-electron chi connectivity index (χ2n) is 11.3. The lowest BCUT2D eigenvalue weighted by Gasteiger charge is -2.08. The first-order valence-electron chi connectivity index (χ1n) is 14.9. The maximum absolute atomic E-state index is 2.39. The summed E-state index contributed by atoms with van der Waals surface area (Å²) in [6, 6.07) is 57.8. The number of hydrogen-bond acceptors (Lipinski definition) is 2. The number of fused-ring (bicyclic) bond motifs is 6. The summed E-state index contributed by atoms with van der Waals surface area (Å²) < 4.78 is 5.37. The Morgan fingerprint density at radius 3 is 1.61 bits per heavy atom. The molecule has 0 amide bonds. The molecule has 0 fully saturated rings. The summed E-state index contributed by atoms with van der Waals surface area (Å²) in [4.78, 5) is 0. The second kappa shape index (κ2) is 10.3. The van der Waals surface area contributed by atoms with Crippen LogP contribution in [0.1, 0.15) is 0 Å². The normalized spacial score (nSPS) is 11.6. The van der Waals surface area contributed by atoms with Gasteiger partial charge >= 0.3 is 0 Å². The average Bonchev–Trinajstić information content (AvgIpc) is 3.66. The first kappa shape index (κ1) is 25.5. The molecule has 9 rings (SSSR count). The minimum atomic E-state index is 1.23. The third-order valence-electron chi connectivity index (χ3n) is 8.71. The molecule has 0 saturated carbocycles. The number of benzene rings is 7. The Balaban J connectivity index is 1.10. The second-order valence-corrected chi connectivity index (χ2v) is 13.5. The standard InChI is InChI=1S/C42H26S2/c1-2-8-27(9-3-1)28-16-18-29(19-17-28)30-10-6-11-31(24-30)32-20-22-41-38(25-32)36-14-7-13-34(42(36)44-41)33-21-23-40-37(26-33)35-12-4-5-15-39(35)43-40/h1-26H. The van der Waals surface area contributed by atoms with E-state index < -0.39 is 0 Å². The molecule has 2 heterocycles. The summed E-state index contributed by atoms with van der Waals surface area (Å²) in [5.74, 6) is 0. The highest BCUT2D eigenvalue weighted by Crippen LogP contribution is 2.43. The molecule has 0 spiro atoms. The number of thiophene rings is 2. The predicted octanol–water partition coefficient (Wildman–Crippen LogP) is 13.1. The first-order chi connectivity index (χ1) is 21.8. The lowest BCUT2D eigenvalue weighted by molar-refractivity contribution is 1.58. The molecule has 206 valence electrons. The van der Waals surface area contributed by atoms with Crippen molar-refractivity contribution in [2.45, 2.75) is 0 Å². The fraction of sp³-hybridized carbons (Fsp3) is 0. The minimum absolute atomic E-state index is 1.23. The average molecular weight is 595 g/mol. The Hall–Kier alpha value is -5.02. The summed E-state index contributed by atoms with van der Waals surface area (Å²) in [5, 5.41) is 5.34. The van der Waals surface area contributed by atoms with Crippen molar-refractivity contribution in [3.63, 3.8) is 0 Å². The van der Waals surface area contributed by atoms with Gasteiger partial charge in [0.05, 0.1) is 0 Å². The Labute approximate surface area is 264 Å². The maximum atomic E-state index is 2.39. The van der Waals surface area contributed by atoms with Gasteiger partial charge in [-0.15, -0.1) is 22.7 Å². The third-order valence-corrected chi connectivity index (χ3v) is 11.1. The zero-order valence-electron chi connectivity index (χ0n) is 23.8. The highest BCUT2D eigenvalue weighted by Gasteiger charge is 2.13. The van der Waals surface area contributed by atoms with Crippen LogP contribution >= 0.6 is 22.7 Å². The summed E-state index contributed by atoms with van der Waals surface area (Å²) in [6.07, 6.45) is 0. The van der Waals surface area contributed by atoms with Gasteiger partial charge in [0.15, 0.2) is 0 Å². The molecule has 0 unspecified atom stereocenters. The lowest BCUT2D eigenvalue weighted by Crippen LogP contribution is -1.83. The Morgan fingerprint density at radius 2 is 0.773 bits per heavy atom. The zero-order valence-corrected chi connectivity index (χ0v) is 25.5. The molecule has 0 bridgehead atoms. The van der Waals surface area contributed by atoms with E-state index >= 15 is 0 Å². The molecular weight excluding hydrogens is 569 g/mol. The van der Waals surface area contributed by atoms with Crippen LogP contribution in [0.5, 0.6) is 0 Å². The van der Waals surface area contributed by atoms with Gasteiger partial charge in [0.2, 0.25) is 0 Å². The van der Waals surface area contributed by atoms with E-state index in [1.165, 1.54) is 84.9 Å². The molecule has 9 aromatic rings. The molecule has 7 aromatic carbocycles. The molecule has 0 N–H and O–H groups in total. The molecule has 2 aromatic heterocycles. The van der Waals surface area contributed by atoms with Gasteiger partial charge in [-0.25, -0.2) is 0 Å². The molecule has 0 aliphatic heterocycles. The van der Waals surface area contributed by atoms with Crippen LogP contribution in [0.15, 0.2) is 158 Å². The Kier molecular flexibility index (Phi) is 5.97.